The highest BCUT2D eigenvalue weighted by atomic mass is 16.5. The van der Waals surface area contributed by atoms with Crippen LogP contribution in [0.1, 0.15) is 46.0 Å². The zero-order chi connectivity index (χ0) is 10.8. The van der Waals surface area contributed by atoms with Crippen LogP contribution in [0, 0.1) is 18.3 Å². The van der Waals surface area contributed by atoms with Gasteiger partial charge in [0.1, 0.15) is 0 Å². The number of esters is 1. The van der Waals surface area contributed by atoms with Crippen molar-refractivity contribution >= 4 is 5.97 Å². The van der Waals surface area contributed by atoms with Gasteiger partial charge in [0.25, 0.3) is 0 Å². The van der Waals surface area contributed by atoms with Crippen LogP contribution in [0.5, 0.6) is 0 Å². The Balaban J connectivity index is 3.15. The fourth-order valence-electron chi connectivity index (χ4n) is 1.18. The third kappa shape index (κ3) is 7.67. The van der Waals surface area contributed by atoms with E-state index >= 15 is 0 Å². The summed E-state index contributed by atoms with van der Waals surface area (Å²) in [7, 11) is 0. The van der Waals surface area contributed by atoms with E-state index in [-0.39, 0.29) is 0 Å². The summed E-state index contributed by atoms with van der Waals surface area (Å²) in [5, 5.41) is 0. The summed E-state index contributed by atoms with van der Waals surface area (Å²) >= 11 is 0. The van der Waals surface area contributed by atoms with E-state index in [1.807, 2.05) is 5.92 Å². The second-order valence-electron chi connectivity index (χ2n) is 3.64. The van der Waals surface area contributed by atoms with E-state index in [1.54, 1.807) is 0 Å². The fraction of sp³-hybridized carbons (Fsp3) is 0.750. The number of hydrogen-bond acceptors (Lipinski definition) is 2. The predicted molar refractivity (Wildman–Crippen MR) is 57.7 cm³/mol. The molecule has 0 aromatic carbocycles. The normalized spacial score (nSPS) is 11.8. The summed E-state index contributed by atoms with van der Waals surface area (Å²) < 4.78 is 4.75. The van der Waals surface area contributed by atoms with Gasteiger partial charge in [0.2, 0.25) is 0 Å². The van der Waals surface area contributed by atoms with Crippen molar-refractivity contribution in [2.45, 2.75) is 46.0 Å². The van der Waals surface area contributed by atoms with Gasteiger partial charge in [-0.3, -0.25) is 0 Å². The lowest BCUT2D eigenvalue weighted by atomic mass is 10.0. The highest BCUT2D eigenvalue weighted by molar-refractivity contribution is 5.87. The van der Waals surface area contributed by atoms with E-state index in [9.17, 15) is 4.79 Å². The van der Waals surface area contributed by atoms with Gasteiger partial charge in [-0.15, -0.1) is 6.42 Å². The molecule has 0 aliphatic rings. The van der Waals surface area contributed by atoms with E-state index in [0.717, 1.165) is 18.8 Å². The molecule has 0 aromatic rings. The van der Waals surface area contributed by atoms with Gasteiger partial charge in [0, 0.05) is 5.92 Å². The molecule has 0 rings (SSSR count). The number of rotatable bonds is 7. The quantitative estimate of drug-likeness (QED) is 0.271. The lowest BCUT2D eigenvalue weighted by Crippen LogP contribution is -2.02. The van der Waals surface area contributed by atoms with Crippen LogP contribution < -0.4 is 0 Å². The molecule has 0 amide bonds. The molecule has 80 valence electrons. The van der Waals surface area contributed by atoms with Crippen LogP contribution in [-0.2, 0) is 9.53 Å². The molecule has 0 N–H and O–H groups in total. The molecule has 14 heavy (non-hydrogen) atoms. The minimum Gasteiger partial charge on any atom is -0.456 e. The van der Waals surface area contributed by atoms with Crippen molar-refractivity contribution in [2.75, 3.05) is 6.61 Å². The minimum atomic E-state index is -0.549. The highest BCUT2D eigenvalue weighted by Crippen LogP contribution is 2.11. The Hall–Kier alpha value is -0.970. The number of carbonyl (C=O) groups is 1. The average Bonchev–Trinajstić information content (AvgIpc) is 2.22. The predicted octanol–water partition coefficient (Wildman–Crippen LogP) is 2.77. The molecule has 0 aliphatic heterocycles. The van der Waals surface area contributed by atoms with Gasteiger partial charge in [0.15, 0.2) is 0 Å². The lowest BCUT2D eigenvalue weighted by Gasteiger charge is -2.07. The number of terminal acetylenes is 1. The lowest BCUT2D eigenvalue weighted by molar-refractivity contribution is -0.136. The molecule has 0 unspecified atom stereocenters. The molecular weight excluding hydrogens is 176 g/mol. The summed E-state index contributed by atoms with van der Waals surface area (Å²) in [6, 6.07) is 0. The maximum absolute atomic E-state index is 10.5. The van der Waals surface area contributed by atoms with Gasteiger partial charge in [-0.2, -0.15) is 0 Å². The molecule has 0 saturated heterocycles. The monoisotopic (exact) mass is 196 g/mol. The van der Waals surface area contributed by atoms with Crippen molar-refractivity contribution in [1.82, 2.24) is 0 Å². The van der Waals surface area contributed by atoms with Crippen molar-refractivity contribution in [3.05, 3.63) is 0 Å². The Bertz CT molecular complexity index is 191. The first-order valence-corrected chi connectivity index (χ1v) is 5.34. The zero-order valence-electron chi connectivity index (χ0n) is 9.21. The largest absolute Gasteiger partial charge is 0.456 e. The van der Waals surface area contributed by atoms with E-state index in [4.69, 9.17) is 11.2 Å². The van der Waals surface area contributed by atoms with Gasteiger partial charge in [-0.1, -0.05) is 39.5 Å². The topological polar surface area (TPSA) is 26.3 Å². The van der Waals surface area contributed by atoms with Crippen LogP contribution >= 0.6 is 0 Å². The summed E-state index contributed by atoms with van der Waals surface area (Å²) in [6.07, 6.45) is 10.6. The Morgan fingerprint density at radius 2 is 2.14 bits per heavy atom. The van der Waals surface area contributed by atoms with Crippen LogP contribution in [0.25, 0.3) is 0 Å². The van der Waals surface area contributed by atoms with Crippen molar-refractivity contribution in [1.29, 1.82) is 0 Å². The van der Waals surface area contributed by atoms with E-state index < -0.39 is 5.97 Å². The SMILES string of the molecule is C#CC(=O)OCCCCC[C@@H](C)CC. The van der Waals surface area contributed by atoms with Crippen LogP contribution in [0.4, 0.5) is 0 Å². The zero-order valence-corrected chi connectivity index (χ0v) is 9.21. The first-order valence-electron chi connectivity index (χ1n) is 5.34. The molecule has 2 nitrogen and oxygen atoms in total. The Kier molecular flexibility index (Phi) is 8.02. The van der Waals surface area contributed by atoms with Crippen LogP contribution in [0.2, 0.25) is 0 Å². The molecule has 0 bridgehead atoms. The van der Waals surface area contributed by atoms with Gasteiger partial charge in [-0.25, -0.2) is 4.79 Å². The maximum Gasteiger partial charge on any atom is 0.384 e. The highest BCUT2D eigenvalue weighted by Gasteiger charge is 1.99. The fourth-order valence-corrected chi connectivity index (χ4v) is 1.18. The smallest absolute Gasteiger partial charge is 0.384 e. The Morgan fingerprint density at radius 1 is 1.43 bits per heavy atom. The molecule has 2 heteroatoms. The summed E-state index contributed by atoms with van der Waals surface area (Å²) in [5.41, 5.74) is 0. The number of carbonyl (C=O) groups excluding carboxylic acids is 1. The third-order valence-corrected chi connectivity index (χ3v) is 2.39. The molecule has 1 atom stereocenters. The second kappa shape index (κ2) is 8.62. The molecule has 0 radical (unpaired) electrons. The summed E-state index contributed by atoms with van der Waals surface area (Å²) in [6.45, 7) is 4.93. The average molecular weight is 196 g/mol. The Labute approximate surface area is 87.0 Å². The van der Waals surface area contributed by atoms with E-state index in [2.05, 4.69) is 13.8 Å². The number of hydrogen-bond donors (Lipinski definition) is 0. The second-order valence-corrected chi connectivity index (χ2v) is 3.64. The molecule has 0 spiro atoms. The van der Waals surface area contributed by atoms with Crippen molar-refractivity contribution < 1.29 is 9.53 Å². The van der Waals surface area contributed by atoms with Crippen LogP contribution in [0.3, 0.4) is 0 Å². The minimum absolute atomic E-state index is 0.462. The van der Waals surface area contributed by atoms with Gasteiger partial charge in [-0.05, 0) is 12.3 Å². The van der Waals surface area contributed by atoms with Crippen molar-refractivity contribution in [3.8, 4) is 12.3 Å². The third-order valence-electron chi connectivity index (χ3n) is 2.39. The Morgan fingerprint density at radius 3 is 2.71 bits per heavy atom. The maximum atomic E-state index is 10.5. The number of unbranched alkanes of at least 4 members (excludes halogenated alkanes) is 2. The molecule has 0 fully saturated rings. The van der Waals surface area contributed by atoms with Crippen LogP contribution in [0.15, 0.2) is 0 Å². The summed E-state index contributed by atoms with van der Waals surface area (Å²) in [4.78, 5) is 10.5. The molecular formula is C12H20O2. The van der Waals surface area contributed by atoms with E-state index in [0.29, 0.717) is 6.61 Å². The van der Waals surface area contributed by atoms with Gasteiger partial charge in [0.05, 0.1) is 6.61 Å². The first-order chi connectivity index (χ1) is 6.70. The van der Waals surface area contributed by atoms with Gasteiger partial charge < -0.3 is 4.74 Å². The van der Waals surface area contributed by atoms with Crippen LogP contribution in [-0.4, -0.2) is 12.6 Å². The molecule has 0 aliphatic carbocycles. The first kappa shape index (κ1) is 13.0. The molecule has 0 saturated carbocycles. The molecule has 0 heterocycles. The van der Waals surface area contributed by atoms with Gasteiger partial charge >= 0.3 is 5.97 Å². The summed E-state index contributed by atoms with van der Waals surface area (Å²) in [5.74, 6) is 2.18. The standard InChI is InChI=1S/C12H20O2/c1-4-11(3)9-7-6-8-10-14-12(13)5-2/h2,11H,4,6-10H2,1,3H3/t11-/m0/s1. The molecule has 0 aromatic heterocycles. The van der Waals surface area contributed by atoms with E-state index in [1.165, 1.54) is 19.3 Å². The van der Waals surface area contributed by atoms with Crippen molar-refractivity contribution in [3.63, 3.8) is 0 Å². The number of ether oxygens (including phenoxy) is 1. The van der Waals surface area contributed by atoms with Crippen molar-refractivity contribution in [2.24, 2.45) is 5.92 Å².